The lowest BCUT2D eigenvalue weighted by Gasteiger charge is -2.35. The van der Waals surface area contributed by atoms with Gasteiger partial charge in [-0.2, -0.15) is 5.06 Å². The van der Waals surface area contributed by atoms with E-state index in [1.165, 1.54) is 5.06 Å². The molecule has 1 fully saturated rings. The minimum absolute atomic E-state index is 0.182. The summed E-state index contributed by atoms with van der Waals surface area (Å²) in [7, 11) is 0. The number of hydrogen-bond acceptors (Lipinski definition) is 4. The molecule has 0 saturated carbocycles. The van der Waals surface area contributed by atoms with Crippen LogP contribution in [-0.4, -0.2) is 37.8 Å². The third-order valence-electron chi connectivity index (χ3n) is 3.16. The molecule has 1 aliphatic heterocycles. The van der Waals surface area contributed by atoms with Crippen LogP contribution in [0.2, 0.25) is 0 Å². The number of carbonyl (C=O) groups excluding carboxylic acids is 1. The molecule has 94 valence electrons. The number of ether oxygens (including phenoxy) is 1. The van der Waals surface area contributed by atoms with E-state index in [-0.39, 0.29) is 17.6 Å². The Balaban J connectivity index is 2.72. The van der Waals surface area contributed by atoms with Gasteiger partial charge in [-0.3, -0.25) is 4.79 Å². The van der Waals surface area contributed by atoms with Crippen LogP contribution in [0.3, 0.4) is 0 Å². The van der Waals surface area contributed by atoms with Crippen molar-refractivity contribution in [2.75, 3.05) is 4.43 Å². The van der Waals surface area contributed by atoms with Crippen molar-refractivity contribution in [3.8, 4) is 0 Å². The minimum Gasteiger partial charge on any atom is -0.460 e. The molecule has 1 unspecified atom stereocenters. The van der Waals surface area contributed by atoms with Gasteiger partial charge in [0.25, 0.3) is 0 Å². The molecule has 1 rings (SSSR count). The topological polar surface area (TPSA) is 49.8 Å². The second kappa shape index (κ2) is 4.78. The molecule has 0 aromatic carbocycles. The van der Waals surface area contributed by atoms with Gasteiger partial charge in [0.1, 0.15) is 6.10 Å². The quantitative estimate of drug-likeness (QED) is 0.487. The fraction of sp³-hybridized carbons (Fsp3) is 0.909. The monoisotopic (exact) mass is 341 g/mol. The summed E-state index contributed by atoms with van der Waals surface area (Å²) in [5.74, 6) is -0.182. The molecule has 1 atom stereocenters. The molecule has 1 N–H and O–H groups in total. The van der Waals surface area contributed by atoms with E-state index in [4.69, 9.17) is 4.74 Å². The van der Waals surface area contributed by atoms with Gasteiger partial charge in [0, 0.05) is 16.4 Å². The molecule has 0 aliphatic carbocycles. The Labute approximate surface area is 110 Å². The van der Waals surface area contributed by atoms with Crippen LogP contribution in [0, 0.1) is 0 Å². The average molecular weight is 341 g/mol. The van der Waals surface area contributed by atoms with Crippen molar-refractivity contribution >= 4 is 28.6 Å². The standard InChI is InChI=1S/C11H20INO3/c1-10(2)7-8(11(3,4)13(10)15)16-9(14)5-6-12/h8,15H,5-7H2,1-4H3. The summed E-state index contributed by atoms with van der Waals surface area (Å²) in [5.41, 5.74) is -0.872. The molecule has 1 heterocycles. The van der Waals surface area contributed by atoms with Crippen LogP contribution in [0.25, 0.3) is 0 Å². The molecule has 0 spiro atoms. The fourth-order valence-corrected chi connectivity index (χ4v) is 2.63. The second-order valence-electron chi connectivity index (χ2n) is 5.40. The van der Waals surface area contributed by atoms with E-state index < -0.39 is 5.54 Å². The zero-order chi connectivity index (χ0) is 12.6. The van der Waals surface area contributed by atoms with Crippen molar-refractivity contribution in [2.24, 2.45) is 0 Å². The average Bonchev–Trinajstić information content (AvgIpc) is 2.28. The molecule has 0 aromatic heterocycles. The van der Waals surface area contributed by atoms with E-state index in [1.807, 2.05) is 27.7 Å². The Morgan fingerprint density at radius 3 is 2.44 bits per heavy atom. The number of rotatable bonds is 3. The largest absolute Gasteiger partial charge is 0.460 e. The molecule has 1 saturated heterocycles. The van der Waals surface area contributed by atoms with Gasteiger partial charge in [-0.25, -0.2) is 0 Å². The van der Waals surface area contributed by atoms with E-state index >= 15 is 0 Å². The van der Waals surface area contributed by atoms with Gasteiger partial charge in [0.05, 0.1) is 12.0 Å². The van der Waals surface area contributed by atoms with Crippen LogP contribution in [0.1, 0.15) is 40.5 Å². The number of hydroxylamine groups is 2. The lowest BCUT2D eigenvalue weighted by Crippen LogP contribution is -2.49. The fourth-order valence-electron chi connectivity index (χ4n) is 2.19. The van der Waals surface area contributed by atoms with Crippen LogP contribution in [0.5, 0.6) is 0 Å². The Morgan fingerprint density at radius 2 is 2.06 bits per heavy atom. The third kappa shape index (κ3) is 2.68. The molecule has 0 aromatic rings. The maximum absolute atomic E-state index is 11.5. The predicted molar refractivity (Wildman–Crippen MR) is 69.8 cm³/mol. The highest BCUT2D eigenvalue weighted by Gasteiger charge is 2.53. The Kier molecular flexibility index (Phi) is 4.23. The zero-order valence-corrected chi connectivity index (χ0v) is 12.4. The van der Waals surface area contributed by atoms with Gasteiger partial charge in [-0.15, -0.1) is 0 Å². The number of hydrogen-bond donors (Lipinski definition) is 1. The highest BCUT2D eigenvalue weighted by atomic mass is 127. The number of halogens is 1. The van der Waals surface area contributed by atoms with Gasteiger partial charge in [-0.1, -0.05) is 22.6 Å². The number of carbonyl (C=O) groups is 1. The molecule has 0 amide bonds. The first kappa shape index (κ1) is 14.2. The van der Waals surface area contributed by atoms with Gasteiger partial charge in [-0.05, 0) is 27.7 Å². The Hall–Kier alpha value is 0.120. The Bertz CT molecular complexity index is 278. The summed E-state index contributed by atoms with van der Waals surface area (Å²) in [6.45, 7) is 7.68. The lowest BCUT2D eigenvalue weighted by atomic mass is 9.97. The molecule has 5 heteroatoms. The summed E-state index contributed by atoms with van der Waals surface area (Å²) in [5, 5.41) is 11.3. The summed E-state index contributed by atoms with van der Waals surface area (Å²) < 4.78 is 6.19. The smallest absolute Gasteiger partial charge is 0.306 e. The predicted octanol–water partition coefficient (Wildman–Crippen LogP) is 2.38. The van der Waals surface area contributed by atoms with Gasteiger partial charge >= 0.3 is 5.97 Å². The third-order valence-corrected chi connectivity index (χ3v) is 3.70. The summed E-state index contributed by atoms with van der Waals surface area (Å²) in [6.07, 6.45) is 0.839. The maximum atomic E-state index is 11.5. The molecular formula is C11H20INO3. The second-order valence-corrected chi connectivity index (χ2v) is 6.48. The first-order valence-corrected chi connectivity index (χ1v) is 6.99. The first-order valence-electron chi connectivity index (χ1n) is 5.46. The van der Waals surface area contributed by atoms with Crippen LogP contribution in [0.4, 0.5) is 0 Å². The van der Waals surface area contributed by atoms with Gasteiger partial charge in [0.15, 0.2) is 0 Å². The molecular weight excluding hydrogens is 321 g/mol. The van der Waals surface area contributed by atoms with E-state index in [2.05, 4.69) is 22.6 Å². The van der Waals surface area contributed by atoms with Crippen molar-refractivity contribution < 1.29 is 14.7 Å². The summed E-state index contributed by atoms with van der Waals surface area (Å²) >= 11 is 2.15. The number of nitrogens with zero attached hydrogens (tertiary/aromatic N) is 1. The van der Waals surface area contributed by atoms with E-state index in [1.54, 1.807) is 0 Å². The summed E-state index contributed by atoms with van der Waals surface area (Å²) in [6, 6.07) is 0. The van der Waals surface area contributed by atoms with E-state index in [0.717, 1.165) is 4.43 Å². The van der Waals surface area contributed by atoms with E-state index in [9.17, 15) is 10.0 Å². The normalized spacial score (nSPS) is 28.0. The van der Waals surface area contributed by atoms with Crippen molar-refractivity contribution in [1.82, 2.24) is 5.06 Å². The molecule has 4 nitrogen and oxygen atoms in total. The van der Waals surface area contributed by atoms with Crippen LogP contribution < -0.4 is 0 Å². The van der Waals surface area contributed by atoms with Gasteiger partial charge in [0.2, 0.25) is 0 Å². The van der Waals surface area contributed by atoms with Crippen LogP contribution in [0.15, 0.2) is 0 Å². The SMILES string of the molecule is CC1(C)CC(OC(=O)CCI)C(C)(C)N1O. The summed E-state index contributed by atoms with van der Waals surface area (Å²) in [4.78, 5) is 11.5. The van der Waals surface area contributed by atoms with Gasteiger partial charge < -0.3 is 9.94 Å². The van der Waals surface area contributed by atoms with Crippen LogP contribution in [-0.2, 0) is 9.53 Å². The highest BCUT2D eigenvalue weighted by molar-refractivity contribution is 14.1. The van der Waals surface area contributed by atoms with Crippen molar-refractivity contribution in [1.29, 1.82) is 0 Å². The number of alkyl halides is 1. The molecule has 1 aliphatic rings. The first-order chi connectivity index (χ1) is 7.21. The van der Waals surface area contributed by atoms with Crippen LogP contribution >= 0.6 is 22.6 Å². The number of esters is 1. The lowest BCUT2D eigenvalue weighted by molar-refractivity contribution is -0.205. The van der Waals surface area contributed by atoms with E-state index in [0.29, 0.717) is 12.8 Å². The Morgan fingerprint density at radius 1 is 1.50 bits per heavy atom. The van der Waals surface area contributed by atoms with Crippen molar-refractivity contribution in [3.05, 3.63) is 0 Å². The van der Waals surface area contributed by atoms with Crippen molar-refractivity contribution in [3.63, 3.8) is 0 Å². The maximum Gasteiger partial charge on any atom is 0.306 e. The minimum atomic E-state index is -0.523. The zero-order valence-electron chi connectivity index (χ0n) is 10.3. The van der Waals surface area contributed by atoms with Crippen molar-refractivity contribution in [2.45, 2.75) is 57.7 Å². The highest BCUT2D eigenvalue weighted by Crippen LogP contribution is 2.40. The molecule has 16 heavy (non-hydrogen) atoms. The molecule has 0 bridgehead atoms. The molecule has 0 radical (unpaired) electrons.